The van der Waals surface area contributed by atoms with Gasteiger partial charge in [0.1, 0.15) is 12.4 Å². The molecule has 7 heteroatoms. The molecule has 1 aliphatic rings. The third kappa shape index (κ3) is 3.34. The first-order valence-electron chi connectivity index (χ1n) is 4.98. The highest BCUT2D eigenvalue weighted by molar-refractivity contribution is 8.13. The molecule has 1 saturated heterocycles. The SMILES string of the molecule is O=C(CN1CCSC1=O)Nc1ccc(Cl)cn1. The van der Waals surface area contributed by atoms with Crippen molar-refractivity contribution >= 4 is 40.3 Å². The van der Waals surface area contributed by atoms with Crippen LogP contribution >= 0.6 is 23.4 Å². The van der Waals surface area contributed by atoms with Gasteiger partial charge in [0.15, 0.2) is 0 Å². The molecule has 1 aromatic heterocycles. The van der Waals surface area contributed by atoms with Crippen molar-refractivity contribution < 1.29 is 9.59 Å². The molecule has 0 aliphatic carbocycles. The molecular weight excluding hydrogens is 262 g/mol. The molecule has 0 unspecified atom stereocenters. The molecule has 0 atom stereocenters. The molecule has 2 heterocycles. The Hall–Kier alpha value is -1.27. The Labute approximate surface area is 108 Å². The fourth-order valence-electron chi connectivity index (χ4n) is 1.37. The zero-order valence-electron chi connectivity index (χ0n) is 8.85. The van der Waals surface area contributed by atoms with Crippen molar-refractivity contribution in [2.45, 2.75) is 0 Å². The van der Waals surface area contributed by atoms with E-state index in [0.29, 0.717) is 17.4 Å². The monoisotopic (exact) mass is 271 g/mol. The minimum Gasteiger partial charge on any atom is -0.323 e. The predicted octanol–water partition coefficient (Wildman–Crippen LogP) is 1.84. The molecule has 0 spiro atoms. The van der Waals surface area contributed by atoms with Gasteiger partial charge >= 0.3 is 0 Å². The molecule has 2 amide bonds. The Morgan fingerprint density at radius 1 is 1.59 bits per heavy atom. The molecule has 1 fully saturated rings. The molecule has 90 valence electrons. The van der Waals surface area contributed by atoms with Gasteiger partial charge < -0.3 is 10.2 Å². The zero-order valence-corrected chi connectivity index (χ0v) is 10.4. The van der Waals surface area contributed by atoms with E-state index in [-0.39, 0.29) is 17.7 Å². The molecule has 17 heavy (non-hydrogen) atoms. The number of pyridine rings is 1. The van der Waals surface area contributed by atoms with E-state index in [9.17, 15) is 9.59 Å². The van der Waals surface area contributed by atoms with E-state index >= 15 is 0 Å². The molecule has 0 bridgehead atoms. The Morgan fingerprint density at radius 3 is 3.00 bits per heavy atom. The summed E-state index contributed by atoms with van der Waals surface area (Å²) in [6, 6.07) is 3.25. The summed E-state index contributed by atoms with van der Waals surface area (Å²) in [5, 5.41) is 3.06. The lowest BCUT2D eigenvalue weighted by atomic mass is 10.4. The van der Waals surface area contributed by atoms with E-state index < -0.39 is 0 Å². The van der Waals surface area contributed by atoms with Crippen LogP contribution in [0, 0.1) is 0 Å². The van der Waals surface area contributed by atoms with Gasteiger partial charge in [-0.25, -0.2) is 4.98 Å². The van der Waals surface area contributed by atoms with Gasteiger partial charge in [-0.3, -0.25) is 9.59 Å². The number of anilines is 1. The number of carbonyl (C=O) groups is 2. The highest BCUT2D eigenvalue weighted by atomic mass is 35.5. The van der Waals surface area contributed by atoms with Crippen molar-refractivity contribution in [1.82, 2.24) is 9.88 Å². The Kier molecular flexibility index (Phi) is 3.86. The molecular formula is C10H10ClN3O2S. The average Bonchev–Trinajstić information content (AvgIpc) is 2.68. The van der Waals surface area contributed by atoms with Gasteiger partial charge in [0, 0.05) is 18.5 Å². The minimum absolute atomic E-state index is 0.0517. The van der Waals surface area contributed by atoms with Crippen molar-refractivity contribution in [2.75, 3.05) is 24.2 Å². The van der Waals surface area contributed by atoms with Crippen molar-refractivity contribution in [3.05, 3.63) is 23.4 Å². The van der Waals surface area contributed by atoms with Crippen LogP contribution in [0.25, 0.3) is 0 Å². The van der Waals surface area contributed by atoms with Crippen LogP contribution in [0.5, 0.6) is 0 Å². The largest absolute Gasteiger partial charge is 0.323 e. The summed E-state index contributed by atoms with van der Waals surface area (Å²) < 4.78 is 0. The van der Waals surface area contributed by atoms with E-state index in [1.54, 1.807) is 12.1 Å². The Balaban J connectivity index is 1.88. The standard InChI is InChI=1S/C10H10ClN3O2S/c11-7-1-2-8(12-5-7)13-9(15)6-14-3-4-17-10(14)16/h1-2,5H,3-4,6H2,(H,12,13,15). The smallest absolute Gasteiger partial charge is 0.282 e. The molecule has 2 rings (SSSR count). The lowest BCUT2D eigenvalue weighted by Gasteiger charge is -2.13. The van der Waals surface area contributed by atoms with Crippen molar-refractivity contribution in [2.24, 2.45) is 0 Å². The molecule has 1 N–H and O–H groups in total. The fourth-order valence-corrected chi connectivity index (χ4v) is 2.31. The average molecular weight is 272 g/mol. The number of thioether (sulfide) groups is 1. The third-order valence-electron chi connectivity index (χ3n) is 2.17. The summed E-state index contributed by atoms with van der Waals surface area (Å²) in [5.41, 5.74) is 0. The van der Waals surface area contributed by atoms with Crippen LogP contribution in [-0.4, -0.2) is 39.9 Å². The number of hydrogen-bond donors (Lipinski definition) is 1. The van der Waals surface area contributed by atoms with Crippen LogP contribution in [0.15, 0.2) is 18.3 Å². The number of halogens is 1. The quantitative estimate of drug-likeness (QED) is 0.911. The number of aromatic nitrogens is 1. The molecule has 0 radical (unpaired) electrons. The molecule has 1 aromatic rings. The van der Waals surface area contributed by atoms with Crippen LogP contribution < -0.4 is 5.32 Å². The summed E-state index contributed by atoms with van der Waals surface area (Å²) >= 11 is 6.90. The van der Waals surface area contributed by atoms with Gasteiger partial charge in [0.2, 0.25) is 5.91 Å². The Morgan fingerprint density at radius 2 is 2.41 bits per heavy atom. The summed E-state index contributed by atoms with van der Waals surface area (Å²) in [6.07, 6.45) is 1.45. The summed E-state index contributed by atoms with van der Waals surface area (Å²) in [7, 11) is 0. The van der Waals surface area contributed by atoms with E-state index in [2.05, 4.69) is 10.3 Å². The first-order valence-corrected chi connectivity index (χ1v) is 6.34. The molecule has 5 nitrogen and oxygen atoms in total. The van der Waals surface area contributed by atoms with Gasteiger partial charge in [-0.15, -0.1) is 0 Å². The lowest BCUT2D eigenvalue weighted by Crippen LogP contribution is -2.33. The van der Waals surface area contributed by atoms with E-state index in [0.717, 1.165) is 5.75 Å². The molecule has 0 aromatic carbocycles. The summed E-state index contributed by atoms with van der Waals surface area (Å²) in [5.74, 6) is 0.917. The maximum atomic E-state index is 11.6. The van der Waals surface area contributed by atoms with Gasteiger partial charge in [0.25, 0.3) is 5.24 Å². The van der Waals surface area contributed by atoms with Gasteiger partial charge in [-0.2, -0.15) is 0 Å². The Bertz CT molecular complexity index is 438. The maximum Gasteiger partial charge on any atom is 0.282 e. The normalized spacial score (nSPS) is 15.1. The third-order valence-corrected chi connectivity index (χ3v) is 3.29. The van der Waals surface area contributed by atoms with Crippen molar-refractivity contribution in [3.63, 3.8) is 0 Å². The number of nitrogens with zero attached hydrogens (tertiary/aromatic N) is 2. The fraction of sp³-hybridized carbons (Fsp3) is 0.300. The van der Waals surface area contributed by atoms with E-state index in [1.165, 1.54) is 22.9 Å². The first-order chi connectivity index (χ1) is 8.15. The van der Waals surface area contributed by atoms with Gasteiger partial charge in [-0.05, 0) is 12.1 Å². The number of amides is 2. The summed E-state index contributed by atoms with van der Waals surface area (Å²) in [4.78, 5) is 28.3. The van der Waals surface area contributed by atoms with E-state index in [4.69, 9.17) is 11.6 Å². The number of hydrogen-bond acceptors (Lipinski definition) is 4. The molecule has 0 saturated carbocycles. The maximum absolute atomic E-state index is 11.6. The second-order valence-corrected chi connectivity index (χ2v) is 4.93. The van der Waals surface area contributed by atoms with E-state index in [1.807, 2.05) is 0 Å². The zero-order chi connectivity index (χ0) is 12.3. The van der Waals surface area contributed by atoms with Gasteiger partial charge in [0.05, 0.1) is 5.02 Å². The molecule has 1 aliphatic heterocycles. The minimum atomic E-state index is -0.254. The summed E-state index contributed by atoms with van der Waals surface area (Å²) in [6.45, 7) is 0.682. The first kappa shape index (κ1) is 12.2. The van der Waals surface area contributed by atoms with Crippen LogP contribution in [-0.2, 0) is 4.79 Å². The second-order valence-electron chi connectivity index (χ2n) is 3.45. The van der Waals surface area contributed by atoms with Crippen LogP contribution in [0.1, 0.15) is 0 Å². The second kappa shape index (κ2) is 5.37. The lowest BCUT2D eigenvalue weighted by molar-refractivity contribution is -0.116. The van der Waals surface area contributed by atoms with Crippen LogP contribution in [0.2, 0.25) is 5.02 Å². The van der Waals surface area contributed by atoms with Crippen molar-refractivity contribution in [3.8, 4) is 0 Å². The number of nitrogens with one attached hydrogen (secondary N) is 1. The van der Waals surface area contributed by atoms with Crippen molar-refractivity contribution in [1.29, 1.82) is 0 Å². The topological polar surface area (TPSA) is 62.3 Å². The van der Waals surface area contributed by atoms with Crippen LogP contribution in [0.3, 0.4) is 0 Å². The highest BCUT2D eigenvalue weighted by Gasteiger charge is 2.23. The van der Waals surface area contributed by atoms with Crippen LogP contribution in [0.4, 0.5) is 10.6 Å². The highest BCUT2D eigenvalue weighted by Crippen LogP contribution is 2.16. The predicted molar refractivity (Wildman–Crippen MR) is 67.3 cm³/mol. The number of carbonyl (C=O) groups excluding carboxylic acids is 2. The van der Waals surface area contributed by atoms with Gasteiger partial charge in [-0.1, -0.05) is 23.4 Å². The number of rotatable bonds is 3.